The Bertz CT molecular complexity index is 634. The fraction of sp³-hybridized carbons (Fsp3) is 0.722. The van der Waals surface area contributed by atoms with E-state index in [0.717, 1.165) is 24.6 Å². The minimum absolute atomic E-state index is 0.0735. The van der Waals surface area contributed by atoms with E-state index in [1.165, 1.54) is 0 Å². The van der Waals surface area contributed by atoms with Gasteiger partial charge in [-0.05, 0) is 24.7 Å². The number of rotatable bonds is 9. The van der Waals surface area contributed by atoms with Crippen molar-refractivity contribution in [3.8, 4) is 0 Å². The average molecular weight is 400 g/mol. The molecule has 3 atom stereocenters. The van der Waals surface area contributed by atoms with Crippen LogP contribution in [-0.2, 0) is 19.2 Å². The van der Waals surface area contributed by atoms with E-state index < -0.39 is 29.2 Å². The van der Waals surface area contributed by atoms with Gasteiger partial charge in [-0.15, -0.1) is 0 Å². The summed E-state index contributed by atoms with van der Waals surface area (Å²) >= 11 is 0.907. The molecule has 3 N–H and O–H groups in total. The Morgan fingerprint density at radius 2 is 1.89 bits per heavy atom. The lowest BCUT2D eigenvalue weighted by molar-refractivity contribution is -0.146. The Morgan fingerprint density at radius 3 is 2.33 bits per heavy atom. The van der Waals surface area contributed by atoms with E-state index in [-0.39, 0.29) is 28.7 Å². The quantitative estimate of drug-likeness (QED) is 0.508. The molecule has 1 rings (SSSR count). The maximum absolute atomic E-state index is 12.7. The van der Waals surface area contributed by atoms with E-state index in [1.54, 1.807) is 20.8 Å². The molecule has 0 spiro atoms. The highest BCUT2D eigenvalue weighted by Gasteiger charge is 2.51. The zero-order valence-electron chi connectivity index (χ0n) is 16.5. The molecule has 1 aliphatic heterocycles. The summed E-state index contributed by atoms with van der Waals surface area (Å²) in [6, 6.07) is -0.995. The maximum Gasteiger partial charge on any atom is 0.326 e. The Kier molecular flexibility index (Phi) is 8.46. The molecule has 0 aliphatic carbocycles. The van der Waals surface area contributed by atoms with Crippen LogP contribution in [0.3, 0.4) is 0 Å². The van der Waals surface area contributed by atoms with E-state index >= 15 is 0 Å². The lowest BCUT2D eigenvalue weighted by atomic mass is 9.70. The number of aliphatic carboxylic acids is 1. The molecule has 0 bridgehead atoms. The lowest BCUT2D eigenvalue weighted by Crippen LogP contribution is -2.55. The van der Waals surface area contributed by atoms with E-state index in [0.29, 0.717) is 6.42 Å². The van der Waals surface area contributed by atoms with Crippen molar-refractivity contribution < 1.29 is 24.3 Å². The molecule has 1 heterocycles. The first-order valence-corrected chi connectivity index (χ1v) is 10.2. The SMILES string of the molecule is CCCC(C)C1(CC)C(=O)N=C(SCC(=O)NC(C(=O)O)C(C)C)NC1=O. The summed E-state index contributed by atoms with van der Waals surface area (Å²) in [7, 11) is 0. The second-order valence-corrected chi connectivity index (χ2v) is 8.07. The Balaban J connectivity index is 2.80. The Morgan fingerprint density at radius 1 is 1.26 bits per heavy atom. The minimum atomic E-state index is -1.17. The molecular formula is C18H29N3O5S. The number of hydrogen-bond donors (Lipinski definition) is 3. The van der Waals surface area contributed by atoms with Gasteiger partial charge in [0.15, 0.2) is 5.17 Å². The number of carboxylic acids is 1. The fourth-order valence-electron chi connectivity index (χ4n) is 3.23. The second kappa shape index (κ2) is 9.87. The normalized spacial score (nSPS) is 22.1. The molecule has 152 valence electrons. The highest BCUT2D eigenvalue weighted by atomic mass is 32.2. The van der Waals surface area contributed by atoms with Gasteiger partial charge < -0.3 is 15.7 Å². The summed E-state index contributed by atoms with van der Waals surface area (Å²) in [6.45, 7) is 9.05. The number of carbonyl (C=O) groups is 4. The van der Waals surface area contributed by atoms with Crippen LogP contribution in [0.4, 0.5) is 0 Å². The van der Waals surface area contributed by atoms with Gasteiger partial charge in [-0.2, -0.15) is 4.99 Å². The van der Waals surface area contributed by atoms with Crippen molar-refractivity contribution in [2.45, 2.75) is 59.9 Å². The number of aliphatic imine (C=N–C) groups is 1. The van der Waals surface area contributed by atoms with E-state index in [9.17, 15) is 19.2 Å². The molecule has 0 aromatic rings. The van der Waals surface area contributed by atoms with Crippen molar-refractivity contribution in [2.75, 3.05) is 5.75 Å². The maximum atomic E-state index is 12.7. The minimum Gasteiger partial charge on any atom is -0.480 e. The van der Waals surface area contributed by atoms with E-state index in [1.807, 2.05) is 13.8 Å². The molecule has 0 saturated heterocycles. The molecule has 0 fully saturated rings. The number of nitrogens with zero attached hydrogens (tertiary/aromatic N) is 1. The summed E-state index contributed by atoms with van der Waals surface area (Å²) in [5.74, 6) is -3.04. The third-order valence-electron chi connectivity index (χ3n) is 4.92. The molecule has 0 saturated carbocycles. The van der Waals surface area contributed by atoms with E-state index in [4.69, 9.17) is 5.11 Å². The zero-order chi connectivity index (χ0) is 20.8. The first kappa shape index (κ1) is 23.1. The van der Waals surface area contributed by atoms with Crippen molar-refractivity contribution in [1.29, 1.82) is 0 Å². The molecule has 27 heavy (non-hydrogen) atoms. The van der Waals surface area contributed by atoms with Gasteiger partial charge in [0.25, 0.3) is 5.91 Å². The van der Waals surface area contributed by atoms with Crippen molar-refractivity contribution in [2.24, 2.45) is 22.2 Å². The van der Waals surface area contributed by atoms with Crippen molar-refractivity contribution >= 4 is 40.6 Å². The first-order valence-electron chi connectivity index (χ1n) is 9.19. The number of amides is 3. The number of carbonyl (C=O) groups excluding carboxylic acids is 3. The molecule has 8 nitrogen and oxygen atoms in total. The lowest BCUT2D eigenvalue weighted by Gasteiger charge is -2.36. The van der Waals surface area contributed by atoms with Gasteiger partial charge in [-0.25, -0.2) is 4.79 Å². The average Bonchev–Trinajstić information content (AvgIpc) is 2.57. The summed E-state index contributed by atoms with van der Waals surface area (Å²) in [5, 5.41) is 14.3. The molecule has 0 aromatic heterocycles. The van der Waals surface area contributed by atoms with Crippen LogP contribution in [0.1, 0.15) is 53.9 Å². The number of amidine groups is 1. The van der Waals surface area contributed by atoms with Crippen molar-refractivity contribution in [1.82, 2.24) is 10.6 Å². The van der Waals surface area contributed by atoms with Crippen molar-refractivity contribution in [3.63, 3.8) is 0 Å². The second-order valence-electron chi connectivity index (χ2n) is 7.11. The van der Waals surface area contributed by atoms with Gasteiger partial charge >= 0.3 is 5.97 Å². The highest BCUT2D eigenvalue weighted by molar-refractivity contribution is 8.14. The Labute approximate surface area is 163 Å². The highest BCUT2D eigenvalue weighted by Crippen LogP contribution is 2.38. The molecule has 0 aromatic carbocycles. The molecule has 3 amide bonds. The molecule has 3 unspecified atom stereocenters. The fourth-order valence-corrected chi connectivity index (χ4v) is 3.89. The molecule has 9 heteroatoms. The van der Waals surface area contributed by atoms with Gasteiger partial charge in [0, 0.05) is 0 Å². The van der Waals surface area contributed by atoms with Gasteiger partial charge in [0.05, 0.1) is 5.75 Å². The number of hydrogen-bond acceptors (Lipinski definition) is 5. The van der Waals surface area contributed by atoms with Crippen LogP contribution in [0.15, 0.2) is 4.99 Å². The van der Waals surface area contributed by atoms with Crippen LogP contribution in [-0.4, -0.2) is 45.8 Å². The summed E-state index contributed by atoms with van der Waals surface area (Å²) in [6.07, 6.45) is 1.95. The zero-order valence-corrected chi connectivity index (χ0v) is 17.3. The van der Waals surface area contributed by atoms with E-state index in [2.05, 4.69) is 15.6 Å². The van der Waals surface area contributed by atoms with Gasteiger partial charge in [0.1, 0.15) is 11.5 Å². The van der Waals surface area contributed by atoms with Crippen molar-refractivity contribution in [3.05, 3.63) is 0 Å². The topological polar surface area (TPSA) is 125 Å². The van der Waals surface area contributed by atoms with Crippen LogP contribution in [0.2, 0.25) is 0 Å². The predicted molar refractivity (Wildman–Crippen MR) is 104 cm³/mol. The molecule has 0 radical (unpaired) electrons. The largest absolute Gasteiger partial charge is 0.480 e. The Hall–Kier alpha value is -1.90. The summed E-state index contributed by atoms with van der Waals surface area (Å²) < 4.78 is 0. The molecule has 1 aliphatic rings. The number of carboxylic acid groups (broad SMARTS) is 1. The number of thioether (sulfide) groups is 1. The van der Waals surface area contributed by atoms with Gasteiger partial charge in [0.2, 0.25) is 11.8 Å². The van der Waals surface area contributed by atoms with Crippen LogP contribution in [0.25, 0.3) is 0 Å². The first-order chi connectivity index (χ1) is 12.6. The molecular weight excluding hydrogens is 370 g/mol. The summed E-state index contributed by atoms with van der Waals surface area (Å²) in [5.41, 5.74) is -1.17. The standard InChI is InChI=1S/C18H29N3O5S/c1-6-8-11(5)18(7-2)15(25)20-17(21-16(18)26)27-9-12(22)19-13(10(3)4)14(23)24/h10-11,13H,6-9H2,1-5H3,(H,19,22)(H,23,24)(H,20,21,25,26). The predicted octanol–water partition coefficient (Wildman–Crippen LogP) is 1.79. The van der Waals surface area contributed by atoms with Crippen LogP contribution >= 0.6 is 11.8 Å². The van der Waals surface area contributed by atoms with Crippen LogP contribution in [0, 0.1) is 17.3 Å². The monoisotopic (exact) mass is 399 g/mol. The third-order valence-corrected chi connectivity index (χ3v) is 5.79. The third kappa shape index (κ3) is 5.31. The van der Waals surface area contributed by atoms with Crippen LogP contribution < -0.4 is 10.6 Å². The van der Waals surface area contributed by atoms with Gasteiger partial charge in [-0.1, -0.05) is 52.8 Å². The summed E-state index contributed by atoms with van der Waals surface area (Å²) in [4.78, 5) is 52.5. The van der Waals surface area contributed by atoms with Crippen LogP contribution in [0.5, 0.6) is 0 Å². The number of nitrogens with one attached hydrogen (secondary N) is 2. The van der Waals surface area contributed by atoms with Gasteiger partial charge in [-0.3, -0.25) is 14.4 Å². The smallest absolute Gasteiger partial charge is 0.326 e.